The molecular formula is C20H14Cl3N5O. The van der Waals surface area contributed by atoms with Crippen molar-refractivity contribution < 1.29 is 4.74 Å². The van der Waals surface area contributed by atoms with Gasteiger partial charge in [-0.25, -0.2) is 4.68 Å². The number of tetrazole rings is 1. The number of rotatable bonds is 6. The molecule has 0 saturated heterocycles. The third-order valence-electron chi connectivity index (χ3n) is 4.21. The Hall–Kier alpha value is -2.67. The Balaban J connectivity index is 1.63. The van der Waals surface area contributed by atoms with Crippen molar-refractivity contribution in [1.29, 1.82) is 0 Å². The van der Waals surface area contributed by atoms with Crippen molar-refractivity contribution in [3.8, 4) is 17.1 Å². The molecule has 0 amide bonds. The molecule has 0 saturated carbocycles. The average Bonchev–Trinajstić information content (AvgIpc) is 3.18. The van der Waals surface area contributed by atoms with E-state index < -0.39 is 0 Å². The van der Waals surface area contributed by atoms with Gasteiger partial charge in [-0.3, -0.25) is 4.98 Å². The van der Waals surface area contributed by atoms with E-state index in [9.17, 15) is 0 Å². The molecule has 0 aliphatic heterocycles. The molecule has 0 spiro atoms. The average molecular weight is 447 g/mol. The number of hydrogen-bond donors (Lipinski definition) is 0. The number of aromatic nitrogens is 5. The fourth-order valence-corrected chi connectivity index (χ4v) is 3.37. The molecule has 146 valence electrons. The molecular weight excluding hydrogens is 433 g/mol. The summed E-state index contributed by atoms with van der Waals surface area (Å²) in [6, 6.07) is 14.6. The van der Waals surface area contributed by atoms with E-state index in [1.807, 2.05) is 30.3 Å². The van der Waals surface area contributed by atoms with Crippen LogP contribution in [0.25, 0.3) is 11.4 Å². The van der Waals surface area contributed by atoms with Crippen molar-refractivity contribution in [3.63, 3.8) is 0 Å². The summed E-state index contributed by atoms with van der Waals surface area (Å²) < 4.78 is 7.63. The molecule has 0 unspecified atom stereocenters. The van der Waals surface area contributed by atoms with E-state index >= 15 is 0 Å². The summed E-state index contributed by atoms with van der Waals surface area (Å²) in [6.07, 6.45) is 3.45. The Labute approximate surface area is 182 Å². The van der Waals surface area contributed by atoms with E-state index in [0.717, 1.165) is 11.1 Å². The van der Waals surface area contributed by atoms with Gasteiger partial charge in [0.15, 0.2) is 5.82 Å². The third-order valence-corrected chi connectivity index (χ3v) is 5.26. The minimum Gasteiger partial charge on any atom is -0.489 e. The van der Waals surface area contributed by atoms with Gasteiger partial charge >= 0.3 is 0 Å². The molecule has 4 rings (SSSR count). The second kappa shape index (κ2) is 8.78. The molecule has 0 atom stereocenters. The van der Waals surface area contributed by atoms with Crippen molar-refractivity contribution in [2.75, 3.05) is 0 Å². The zero-order chi connectivity index (χ0) is 20.2. The topological polar surface area (TPSA) is 65.7 Å². The van der Waals surface area contributed by atoms with Gasteiger partial charge in [-0.05, 0) is 58.5 Å². The van der Waals surface area contributed by atoms with Gasteiger partial charge in [0.25, 0.3) is 0 Å². The molecule has 0 fully saturated rings. The Morgan fingerprint density at radius 1 is 0.966 bits per heavy atom. The lowest BCUT2D eigenvalue weighted by atomic mass is 10.1. The molecule has 0 bridgehead atoms. The molecule has 0 radical (unpaired) electrons. The van der Waals surface area contributed by atoms with E-state index in [0.29, 0.717) is 45.4 Å². The number of halogens is 3. The first-order chi connectivity index (χ1) is 14.1. The molecule has 2 aromatic carbocycles. The first-order valence-electron chi connectivity index (χ1n) is 8.62. The lowest BCUT2D eigenvalue weighted by Crippen LogP contribution is -2.07. The minimum atomic E-state index is 0.345. The fourth-order valence-electron chi connectivity index (χ4n) is 2.79. The molecule has 0 aliphatic carbocycles. The second-order valence-electron chi connectivity index (χ2n) is 6.16. The standard InChI is InChI=1S/C20H14Cl3N5O/c21-15-4-5-18(29-12-13-6-8-24-9-7-13)14(10-15)11-28-20(25-26-27-28)16-2-1-3-17(22)19(16)23/h1-10H,11-12H2. The summed E-state index contributed by atoms with van der Waals surface area (Å²) in [4.78, 5) is 4.01. The van der Waals surface area contributed by atoms with Crippen LogP contribution in [0.4, 0.5) is 0 Å². The summed E-state index contributed by atoms with van der Waals surface area (Å²) in [7, 11) is 0. The highest BCUT2D eigenvalue weighted by Crippen LogP contribution is 2.33. The van der Waals surface area contributed by atoms with Crippen LogP contribution in [-0.4, -0.2) is 25.2 Å². The van der Waals surface area contributed by atoms with Gasteiger partial charge in [-0.1, -0.05) is 40.9 Å². The predicted octanol–water partition coefficient (Wildman–Crippen LogP) is 5.32. The van der Waals surface area contributed by atoms with Crippen LogP contribution in [0.1, 0.15) is 11.1 Å². The summed E-state index contributed by atoms with van der Waals surface area (Å²) in [6.45, 7) is 0.747. The molecule has 4 aromatic rings. The normalized spacial score (nSPS) is 10.9. The summed E-state index contributed by atoms with van der Waals surface area (Å²) in [5.41, 5.74) is 2.48. The lowest BCUT2D eigenvalue weighted by Gasteiger charge is -2.13. The molecule has 6 nitrogen and oxygen atoms in total. The second-order valence-corrected chi connectivity index (χ2v) is 7.38. The van der Waals surface area contributed by atoms with Crippen molar-refractivity contribution in [2.24, 2.45) is 0 Å². The zero-order valence-electron chi connectivity index (χ0n) is 15.0. The van der Waals surface area contributed by atoms with Gasteiger partial charge in [0.05, 0.1) is 16.6 Å². The highest BCUT2D eigenvalue weighted by molar-refractivity contribution is 6.43. The third kappa shape index (κ3) is 4.50. The van der Waals surface area contributed by atoms with E-state index in [2.05, 4.69) is 20.5 Å². The first-order valence-corrected chi connectivity index (χ1v) is 9.76. The van der Waals surface area contributed by atoms with E-state index in [1.165, 1.54) is 0 Å². The maximum absolute atomic E-state index is 6.34. The van der Waals surface area contributed by atoms with E-state index in [1.54, 1.807) is 35.3 Å². The van der Waals surface area contributed by atoms with Crippen molar-refractivity contribution >= 4 is 34.8 Å². The van der Waals surface area contributed by atoms with Gasteiger partial charge in [0, 0.05) is 28.5 Å². The molecule has 2 heterocycles. The largest absolute Gasteiger partial charge is 0.489 e. The molecule has 0 N–H and O–H groups in total. The highest BCUT2D eigenvalue weighted by Gasteiger charge is 2.16. The van der Waals surface area contributed by atoms with Crippen molar-refractivity contribution in [2.45, 2.75) is 13.2 Å². The van der Waals surface area contributed by atoms with Crippen LogP contribution in [0, 0.1) is 0 Å². The van der Waals surface area contributed by atoms with E-state index in [4.69, 9.17) is 39.5 Å². The van der Waals surface area contributed by atoms with Gasteiger partial charge in [-0.15, -0.1) is 5.10 Å². The van der Waals surface area contributed by atoms with Crippen LogP contribution < -0.4 is 4.74 Å². The Morgan fingerprint density at radius 2 is 1.79 bits per heavy atom. The zero-order valence-corrected chi connectivity index (χ0v) is 17.2. The van der Waals surface area contributed by atoms with Gasteiger partial charge in [0.2, 0.25) is 0 Å². The predicted molar refractivity (Wildman–Crippen MR) is 112 cm³/mol. The number of pyridine rings is 1. The van der Waals surface area contributed by atoms with Crippen molar-refractivity contribution in [3.05, 3.63) is 87.1 Å². The quantitative estimate of drug-likeness (QED) is 0.401. The number of nitrogens with zero attached hydrogens (tertiary/aromatic N) is 5. The maximum Gasteiger partial charge on any atom is 0.183 e. The summed E-state index contributed by atoms with van der Waals surface area (Å²) in [5.74, 6) is 1.18. The van der Waals surface area contributed by atoms with E-state index in [-0.39, 0.29) is 0 Å². The highest BCUT2D eigenvalue weighted by atomic mass is 35.5. The maximum atomic E-state index is 6.34. The monoisotopic (exact) mass is 445 g/mol. The number of hydrogen-bond acceptors (Lipinski definition) is 5. The first kappa shape index (κ1) is 19.6. The Morgan fingerprint density at radius 3 is 2.62 bits per heavy atom. The molecule has 0 aliphatic rings. The Kier molecular flexibility index (Phi) is 5.94. The molecule has 9 heteroatoms. The lowest BCUT2D eigenvalue weighted by molar-refractivity contribution is 0.302. The summed E-state index contributed by atoms with van der Waals surface area (Å²) >= 11 is 18.7. The van der Waals surface area contributed by atoms with Crippen LogP contribution >= 0.6 is 34.8 Å². The van der Waals surface area contributed by atoms with Crippen LogP contribution in [0.15, 0.2) is 60.9 Å². The van der Waals surface area contributed by atoms with Crippen LogP contribution in [0.3, 0.4) is 0 Å². The number of benzene rings is 2. The van der Waals surface area contributed by atoms with Crippen LogP contribution in [-0.2, 0) is 13.2 Å². The minimum absolute atomic E-state index is 0.345. The van der Waals surface area contributed by atoms with Gasteiger partial charge in [-0.2, -0.15) is 0 Å². The SMILES string of the molecule is Clc1ccc(OCc2ccncc2)c(Cn2nnnc2-c2cccc(Cl)c2Cl)c1. The molecule has 2 aromatic heterocycles. The molecule has 29 heavy (non-hydrogen) atoms. The summed E-state index contributed by atoms with van der Waals surface area (Å²) in [5, 5.41) is 13.4. The van der Waals surface area contributed by atoms with Gasteiger partial charge in [0.1, 0.15) is 12.4 Å². The van der Waals surface area contributed by atoms with Crippen LogP contribution in [0.2, 0.25) is 15.1 Å². The fraction of sp³-hybridized carbons (Fsp3) is 0.100. The van der Waals surface area contributed by atoms with Crippen molar-refractivity contribution in [1.82, 2.24) is 25.2 Å². The van der Waals surface area contributed by atoms with Crippen LogP contribution in [0.5, 0.6) is 5.75 Å². The number of ether oxygens (including phenoxy) is 1. The van der Waals surface area contributed by atoms with Gasteiger partial charge < -0.3 is 4.74 Å². The Bertz CT molecular complexity index is 1130. The smallest absolute Gasteiger partial charge is 0.183 e.